The minimum Gasteiger partial charge on any atom is -0.338 e. The molecule has 1 N–H and O–H groups in total. The highest BCUT2D eigenvalue weighted by molar-refractivity contribution is 7.89. The molecule has 1 saturated heterocycles. The average molecular weight is 440 g/mol. The normalized spacial score (nSPS) is 15.6. The summed E-state index contributed by atoms with van der Waals surface area (Å²) in [6.07, 6.45) is 1.88. The molecule has 0 atom stereocenters. The molecule has 4 rings (SSSR count). The van der Waals surface area contributed by atoms with Crippen molar-refractivity contribution in [3.8, 4) is 11.3 Å². The Morgan fingerprint density at radius 2 is 1.77 bits per heavy atom. The highest BCUT2D eigenvalue weighted by Gasteiger charge is 2.32. The smallest absolute Gasteiger partial charge is 0.243 e. The van der Waals surface area contributed by atoms with Crippen LogP contribution in [-0.2, 0) is 21.2 Å². The molecule has 0 unspecified atom stereocenters. The van der Waals surface area contributed by atoms with Gasteiger partial charge in [0.05, 0.1) is 4.90 Å². The lowest BCUT2D eigenvalue weighted by atomic mass is 9.97. The molecule has 0 spiro atoms. The standard InChI is InChI=1S/C23H25N3O4S/c1-2-17-8-10-18(11-9-17)21-16-22(30-25-21)24-23(27)19-12-14-26(15-13-19)31(28,29)20-6-4-3-5-7-20/h3-11,16,19H,2,12-15H2,1H3,(H,24,27). The number of amides is 1. The molecular weight excluding hydrogens is 414 g/mol. The number of carbonyl (C=O) groups excluding carboxylic acids is 1. The van der Waals surface area contributed by atoms with E-state index in [-0.39, 0.29) is 16.7 Å². The second-order valence-corrected chi connectivity index (χ2v) is 9.55. The van der Waals surface area contributed by atoms with Gasteiger partial charge in [-0.25, -0.2) is 8.42 Å². The van der Waals surface area contributed by atoms with Crippen molar-refractivity contribution in [1.82, 2.24) is 9.46 Å². The monoisotopic (exact) mass is 439 g/mol. The van der Waals surface area contributed by atoms with Gasteiger partial charge in [-0.05, 0) is 37.0 Å². The Hall–Kier alpha value is -2.97. The Morgan fingerprint density at radius 1 is 1.10 bits per heavy atom. The Bertz CT molecular complexity index is 1130. The van der Waals surface area contributed by atoms with Crippen LogP contribution in [0.5, 0.6) is 0 Å². The summed E-state index contributed by atoms with van der Waals surface area (Å²) in [6, 6.07) is 18.1. The van der Waals surface area contributed by atoms with Crippen molar-refractivity contribution in [2.75, 3.05) is 18.4 Å². The first-order valence-electron chi connectivity index (χ1n) is 10.4. The van der Waals surface area contributed by atoms with Gasteiger partial charge in [0.1, 0.15) is 5.69 Å². The van der Waals surface area contributed by atoms with Crippen molar-refractivity contribution in [3.63, 3.8) is 0 Å². The first-order valence-corrected chi connectivity index (χ1v) is 11.8. The maximum absolute atomic E-state index is 12.7. The van der Waals surface area contributed by atoms with E-state index in [0.717, 1.165) is 12.0 Å². The number of carbonyl (C=O) groups is 1. The fourth-order valence-electron chi connectivity index (χ4n) is 3.70. The number of sulfonamides is 1. The van der Waals surface area contributed by atoms with Crippen molar-refractivity contribution in [1.29, 1.82) is 0 Å². The van der Waals surface area contributed by atoms with Crippen molar-refractivity contribution in [3.05, 3.63) is 66.2 Å². The van der Waals surface area contributed by atoms with E-state index in [4.69, 9.17) is 4.52 Å². The van der Waals surface area contributed by atoms with Crippen LogP contribution in [0.3, 0.4) is 0 Å². The lowest BCUT2D eigenvalue weighted by molar-refractivity contribution is -0.121. The van der Waals surface area contributed by atoms with E-state index in [1.165, 1.54) is 9.87 Å². The Balaban J connectivity index is 1.35. The predicted octanol–water partition coefficient (Wildman–Crippen LogP) is 3.94. The minimum atomic E-state index is -3.53. The number of benzene rings is 2. The van der Waals surface area contributed by atoms with Gasteiger partial charge in [-0.1, -0.05) is 54.5 Å². The summed E-state index contributed by atoms with van der Waals surface area (Å²) in [4.78, 5) is 12.9. The number of aryl methyl sites for hydroxylation is 1. The van der Waals surface area contributed by atoms with E-state index in [9.17, 15) is 13.2 Å². The summed E-state index contributed by atoms with van der Waals surface area (Å²) in [5.74, 6) is -0.167. The third kappa shape index (κ3) is 4.70. The molecule has 0 bridgehead atoms. The molecule has 1 aliphatic heterocycles. The molecule has 1 amide bonds. The van der Waals surface area contributed by atoms with Crippen molar-refractivity contribution in [2.24, 2.45) is 5.92 Å². The molecule has 162 valence electrons. The fraction of sp³-hybridized carbons (Fsp3) is 0.304. The first-order chi connectivity index (χ1) is 15.0. The molecular formula is C23H25N3O4S. The predicted molar refractivity (Wildman–Crippen MR) is 118 cm³/mol. The van der Waals surface area contributed by atoms with Gasteiger partial charge in [0.25, 0.3) is 0 Å². The van der Waals surface area contributed by atoms with Gasteiger partial charge in [-0.15, -0.1) is 0 Å². The molecule has 7 nitrogen and oxygen atoms in total. The number of piperidine rings is 1. The van der Waals surface area contributed by atoms with Crippen LogP contribution in [0, 0.1) is 5.92 Å². The summed E-state index contributed by atoms with van der Waals surface area (Å²) in [6.45, 7) is 2.71. The van der Waals surface area contributed by atoms with Crippen LogP contribution in [0.15, 0.2) is 70.1 Å². The highest BCUT2D eigenvalue weighted by Crippen LogP contribution is 2.26. The topological polar surface area (TPSA) is 92.5 Å². The van der Waals surface area contributed by atoms with E-state index in [1.807, 2.05) is 24.3 Å². The molecule has 3 aromatic rings. The van der Waals surface area contributed by atoms with Crippen LogP contribution >= 0.6 is 0 Å². The zero-order valence-electron chi connectivity index (χ0n) is 17.3. The molecule has 0 aliphatic carbocycles. The SMILES string of the molecule is CCc1ccc(-c2cc(NC(=O)C3CCN(S(=O)(=O)c4ccccc4)CC3)on2)cc1. The van der Waals surface area contributed by atoms with Crippen LogP contribution < -0.4 is 5.32 Å². The number of rotatable bonds is 6. The number of anilines is 1. The molecule has 2 heterocycles. The second-order valence-electron chi connectivity index (χ2n) is 7.61. The largest absolute Gasteiger partial charge is 0.338 e. The summed E-state index contributed by atoms with van der Waals surface area (Å²) in [5.41, 5.74) is 2.81. The van der Waals surface area contributed by atoms with Gasteiger partial charge in [-0.2, -0.15) is 4.31 Å². The Labute approximate surface area is 182 Å². The van der Waals surface area contributed by atoms with E-state index in [0.29, 0.717) is 37.5 Å². The zero-order chi connectivity index (χ0) is 21.8. The second kappa shape index (κ2) is 9.03. The maximum atomic E-state index is 12.7. The number of nitrogens with one attached hydrogen (secondary N) is 1. The van der Waals surface area contributed by atoms with Gasteiger partial charge in [0, 0.05) is 30.6 Å². The molecule has 0 saturated carbocycles. The van der Waals surface area contributed by atoms with Crippen LogP contribution in [-0.4, -0.2) is 36.9 Å². The van der Waals surface area contributed by atoms with E-state index in [1.54, 1.807) is 36.4 Å². The summed E-state index contributed by atoms with van der Waals surface area (Å²) in [7, 11) is -3.53. The third-order valence-corrected chi connectivity index (χ3v) is 7.53. The van der Waals surface area contributed by atoms with Gasteiger partial charge in [-0.3, -0.25) is 10.1 Å². The van der Waals surface area contributed by atoms with Gasteiger partial charge in [0.2, 0.25) is 21.8 Å². The summed E-state index contributed by atoms with van der Waals surface area (Å²) < 4.78 is 32.2. The minimum absolute atomic E-state index is 0.180. The molecule has 0 radical (unpaired) electrons. The number of hydrogen-bond acceptors (Lipinski definition) is 5. The van der Waals surface area contributed by atoms with Crippen LogP contribution in [0.25, 0.3) is 11.3 Å². The number of aromatic nitrogens is 1. The fourth-order valence-corrected chi connectivity index (χ4v) is 5.20. The molecule has 1 aromatic heterocycles. The van der Waals surface area contributed by atoms with Crippen molar-refractivity contribution < 1.29 is 17.7 Å². The number of hydrogen-bond donors (Lipinski definition) is 1. The van der Waals surface area contributed by atoms with Crippen LogP contribution in [0.4, 0.5) is 5.88 Å². The molecule has 8 heteroatoms. The molecule has 1 aliphatic rings. The van der Waals surface area contributed by atoms with E-state index >= 15 is 0 Å². The van der Waals surface area contributed by atoms with Gasteiger partial charge < -0.3 is 4.52 Å². The quantitative estimate of drug-likeness (QED) is 0.628. The lowest BCUT2D eigenvalue weighted by Gasteiger charge is -2.30. The van der Waals surface area contributed by atoms with Crippen molar-refractivity contribution >= 4 is 21.8 Å². The van der Waals surface area contributed by atoms with Crippen molar-refractivity contribution in [2.45, 2.75) is 31.1 Å². The zero-order valence-corrected chi connectivity index (χ0v) is 18.1. The molecule has 1 fully saturated rings. The summed E-state index contributed by atoms with van der Waals surface area (Å²) >= 11 is 0. The third-order valence-electron chi connectivity index (χ3n) is 5.62. The molecule has 31 heavy (non-hydrogen) atoms. The first kappa shape index (κ1) is 21.3. The van der Waals surface area contributed by atoms with E-state index in [2.05, 4.69) is 17.4 Å². The Morgan fingerprint density at radius 3 is 2.42 bits per heavy atom. The van der Waals surface area contributed by atoms with Crippen LogP contribution in [0.2, 0.25) is 0 Å². The molecule has 2 aromatic carbocycles. The van der Waals surface area contributed by atoms with Gasteiger partial charge >= 0.3 is 0 Å². The number of nitrogens with zero attached hydrogens (tertiary/aromatic N) is 2. The van der Waals surface area contributed by atoms with Crippen LogP contribution in [0.1, 0.15) is 25.3 Å². The highest BCUT2D eigenvalue weighted by atomic mass is 32.2. The Kier molecular flexibility index (Phi) is 6.20. The lowest BCUT2D eigenvalue weighted by Crippen LogP contribution is -2.41. The van der Waals surface area contributed by atoms with Gasteiger partial charge in [0.15, 0.2) is 0 Å². The van der Waals surface area contributed by atoms with E-state index < -0.39 is 10.0 Å². The maximum Gasteiger partial charge on any atom is 0.243 e. The average Bonchev–Trinajstić information content (AvgIpc) is 3.28. The summed E-state index contributed by atoms with van der Waals surface area (Å²) in [5, 5.41) is 6.81.